The summed E-state index contributed by atoms with van der Waals surface area (Å²) in [5, 5.41) is 0.740. The molecule has 1 heterocycles. The molecule has 1 fully saturated rings. The Bertz CT molecular complexity index is 1030. The van der Waals surface area contributed by atoms with Crippen LogP contribution in [0.15, 0.2) is 47.5 Å². The molecule has 4 nitrogen and oxygen atoms in total. The van der Waals surface area contributed by atoms with Crippen LogP contribution in [0.1, 0.15) is 42.4 Å². The van der Waals surface area contributed by atoms with Crippen LogP contribution in [0.5, 0.6) is 5.75 Å². The average Bonchev–Trinajstić information content (AvgIpc) is 2.65. The lowest BCUT2D eigenvalue weighted by atomic mass is 9.59. The van der Waals surface area contributed by atoms with E-state index in [4.69, 9.17) is 32.0 Å². The molecule has 0 saturated heterocycles. The summed E-state index contributed by atoms with van der Waals surface area (Å²) in [7, 11) is 1.78. The quantitative estimate of drug-likeness (QED) is 0.432. The van der Waals surface area contributed by atoms with E-state index in [1.54, 1.807) is 0 Å². The Morgan fingerprint density at radius 1 is 1.10 bits per heavy atom. The van der Waals surface area contributed by atoms with E-state index in [2.05, 4.69) is 24.3 Å². The van der Waals surface area contributed by atoms with Crippen molar-refractivity contribution in [3.63, 3.8) is 0 Å². The molecule has 0 unspecified atom stereocenters. The molecule has 2 aliphatic rings. The van der Waals surface area contributed by atoms with Gasteiger partial charge in [0, 0.05) is 33.2 Å². The molecule has 0 N–H and O–H groups in total. The van der Waals surface area contributed by atoms with E-state index in [0.717, 1.165) is 47.9 Å². The first-order valence-corrected chi connectivity index (χ1v) is 12.7. The van der Waals surface area contributed by atoms with Crippen molar-refractivity contribution in [2.24, 2.45) is 4.99 Å². The van der Waals surface area contributed by atoms with Crippen LogP contribution < -0.4 is 4.74 Å². The number of nitrogens with zero attached hydrogens (tertiary/aromatic N) is 1. The van der Waals surface area contributed by atoms with E-state index in [-0.39, 0.29) is 11.2 Å². The Balaban J connectivity index is 1.59. The van der Waals surface area contributed by atoms with Crippen molar-refractivity contribution in [3.05, 3.63) is 64.2 Å². The molecule has 2 aromatic carbocycles. The van der Waals surface area contributed by atoms with E-state index in [9.17, 15) is 8.42 Å². The predicted molar refractivity (Wildman–Crippen MR) is 118 cm³/mol. The third-order valence-electron chi connectivity index (χ3n) is 5.85. The summed E-state index contributed by atoms with van der Waals surface area (Å²) in [6.07, 6.45) is 4.61. The van der Waals surface area contributed by atoms with Crippen molar-refractivity contribution in [2.75, 3.05) is 18.9 Å². The van der Waals surface area contributed by atoms with Crippen LogP contribution in [0.25, 0.3) is 0 Å². The van der Waals surface area contributed by atoms with Gasteiger partial charge in [0.25, 0.3) is 0 Å². The SMILES string of the molecule is O=S(=O)(Cl)CCCOc1ccc2c(c1)C(C1(c3ccc(Cl)cc3)CCC1)=NCC2. The van der Waals surface area contributed by atoms with Crippen LogP contribution in [0, 0.1) is 0 Å². The van der Waals surface area contributed by atoms with E-state index in [1.807, 2.05) is 18.2 Å². The Kier molecular flexibility index (Phi) is 5.92. The first kappa shape index (κ1) is 20.7. The molecule has 1 aliphatic heterocycles. The van der Waals surface area contributed by atoms with E-state index in [1.165, 1.54) is 17.5 Å². The highest BCUT2D eigenvalue weighted by Gasteiger charge is 2.45. The zero-order valence-corrected chi connectivity index (χ0v) is 18.4. The van der Waals surface area contributed by atoms with Gasteiger partial charge in [-0.05, 0) is 61.1 Å². The van der Waals surface area contributed by atoms with E-state index < -0.39 is 9.05 Å². The summed E-state index contributed by atoms with van der Waals surface area (Å²) in [6.45, 7) is 1.10. The Hall–Kier alpha value is -1.56. The Morgan fingerprint density at radius 2 is 1.86 bits per heavy atom. The molecule has 0 aromatic heterocycles. The fourth-order valence-electron chi connectivity index (χ4n) is 4.25. The smallest absolute Gasteiger partial charge is 0.232 e. The number of rotatable bonds is 7. The van der Waals surface area contributed by atoms with E-state index >= 15 is 0 Å². The van der Waals surface area contributed by atoms with Gasteiger partial charge in [-0.1, -0.05) is 36.2 Å². The Morgan fingerprint density at radius 3 is 2.52 bits per heavy atom. The zero-order chi connectivity index (χ0) is 20.5. The van der Waals surface area contributed by atoms with Gasteiger partial charge >= 0.3 is 0 Å². The number of benzene rings is 2. The first-order chi connectivity index (χ1) is 13.9. The molecule has 7 heteroatoms. The van der Waals surface area contributed by atoms with Crippen LogP contribution >= 0.6 is 22.3 Å². The fraction of sp³-hybridized carbons (Fsp3) is 0.409. The standard InChI is InChI=1S/C22H23Cl2NO3S/c23-18-6-4-17(5-7-18)22(10-1-11-22)21-20-15-19(8-3-16(20)9-12-25-21)28-13-2-14-29(24,26)27/h3-8,15H,1-2,9-14H2. The maximum absolute atomic E-state index is 11.1. The predicted octanol–water partition coefficient (Wildman–Crippen LogP) is 5.14. The molecular formula is C22H23Cl2NO3S. The topological polar surface area (TPSA) is 55.7 Å². The number of ether oxygens (including phenoxy) is 1. The minimum atomic E-state index is -3.49. The number of fused-ring (bicyclic) bond motifs is 1. The van der Waals surface area contributed by atoms with Gasteiger partial charge in [0.15, 0.2) is 0 Å². The maximum Gasteiger partial charge on any atom is 0.232 e. The zero-order valence-electron chi connectivity index (χ0n) is 16.0. The fourth-order valence-corrected chi connectivity index (χ4v) is 5.17. The van der Waals surface area contributed by atoms with Crippen molar-refractivity contribution in [3.8, 4) is 5.75 Å². The highest BCUT2D eigenvalue weighted by atomic mass is 35.7. The number of hydrogen-bond acceptors (Lipinski definition) is 4. The largest absolute Gasteiger partial charge is 0.494 e. The number of halogens is 2. The lowest BCUT2D eigenvalue weighted by molar-refractivity contribution is 0.317. The molecule has 0 amide bonds. The molecule has 0 spiro atoms. The van der Waals surface area contributed by atoms with Gasteiger partial charge in [0.1, 0.15) is 5.75 Å². The minimum absolute atomic E-state index is 0.0644. The summed E-state index contributed by atoms with van der Waals surface area (Å²) in [6, 6.07) is 14.2. The third kappa shape index (κ3) is 4.47. The molecule has 154 valence electrons. The average molecular weight is 452 g/mol. The second-order valence-corrected chi connectivity index (χ2v) is 11.0. The lowest BCUT2D eigenvalue weighted by Crippen LogP contribution is -2.44. The van der Waals surface area contributed by atoms with E-state index in [0.29, 0.717) is 13.0 Å². The third-order valence-corrected chi connectivity index (χ3v) is 7.34. The van der Waals surface area contributed by atoms with Crippen LogP contribution in [0.4, 0.5) is 0 Å². The Labute approximate surface area is 181 Å². The second-order valence-electron chi connectivity index (χ2n) is 7.69. The molecule has 0 atom stereocenters. The van der Waals surface area contributed by atoms with Crippen LogP contribution in [0.2, 0.25) is 5.02 Å². The summed E-state index contributed by atoms with van der Waals surface area (Å²) in [5.41, 5.74) is 4.77. The number of aliphatic imine (C=N–C) groups is 1. The minimum Gasteiger partial charge on any atom is -0.494 e. The summed E-state index contributed by atoms with van der Waals surface area (Å²) in [5.74, 6) is 0.641. The summed E-state index contributed by atoms with van der Waals surface area (Å²) in [4.78, 5) is 4.96. The van der Waals surface area contributed by atoms with Gasteiger partial charge in [0.2, 0.25) is 9.05 Å². The molecule has 0 radical (unpaired) electrons. The number of hydrogen-bond donors (Lipinski definition) is 0. The lowest BCUT2D eigenvalue weighted by Gasteiger charge is -2.45. The van der Waals surface area contributed by atoms with Crippen molar-refractivity contribution >= 4 is 37.0 Å². The van der Waals surface area contributed by atoms with Gasteiger partial charge in [-0.15, -0.1) is 0 Å². The molecule has 4 rings (SSSR count). The maximum atomic E-state index is 11.1. The summed E-state index contributed by atoms with van der Waals surface area (Å²) >= 11 is 6.11. The van der Waals surface area contributed by atoms with Gasteiger partial charge in [-0.2, -0.15) is 0 Å². The molecule has 1 aliphatic carbocycles. The molecule has 2 aromatic rings. The van der Waals surface area contributed by atoms with Crippen LogP contribution in [0.3, 0.4) is 0 Å². The van der Waals surface area contributed by atoms with Gasteiger partial charge in [-0.25, -0.2) is 8.42 Å². The molecular weight excluding hydrogens is 429 g/mol. The van der Waals surface area contributed by atoms with Crippen molar-refractivity contribution in [1.82, 2.24) is 0 Å². The van der Waals surface area contributed by atoms with Gasteiger partial charge in [0.05, 0.1) is 18.1 Å². The molecule has 0 bridgehead atoms. The highest BCUT2D eigenvalue weighted by Crippen LogP contribution is 2.48. The highest BCUT2D eigenvalue weighted by molar-refractivity contribution is 8.13. The summed E-state index contributed by atoms with van der Waals surface area (Å²) < 4.78 is 27.9. The second kappa shape index (κ2) is 8.29. The molecule has 29 heavy (non-hydrogen) atoms. The van der Waals surface area contributed by atoms with Crippen molar-refractivity contribution in [2.45, 2.75) is 37.5 Å². The van der Waals surface area contributed by atoms with Crippen molar-refractivity contribution in [1.29, 1.82) is 0 Å². The normalized spacial score (nSPS) is 17.8. The van der Waals surface area contributed by atoms with Gasteiger partial charge in [-0.3, -0.25) is 4.99 Å². The monoisotopic (exact) mass is 451 g/mol. The first-order valence-electron chi connectivity index (χ1n) is 9.87. The van der Waals surface area contributed by atoms with Gasteiger partial charge < -0.3 is 4.74 Å². The van der Waals surface area contributed by atoms with Crippen LogP contribution in [-0.2, 0) is 20.9 Å². The molecule has 1 saturated carbocycles. The van der Waals surface area contributed by atoms with Crippen molar-refractivity contribution < 1.29 is 13.2 Å². The van der Waals surface area contributed by atoms with Crippen LogP contribution in [-0.4, -0.2) is 33.0 Å².